The second kappa shape index (κ2) is 5.74. The molecular weight excluding hydrogens is 282 g/mol. The molecule has 0 atom stereocenters. The van der Waals surface area contributed by atoms with Crippen LogP contribution >= 0.6 is 0 Å². The van der Waals surface area contributed by atoms with E-state index in [2.05, 4.69) is 14.9 Å². The first-order chi connectivity index (χ1) is 9.54. The molecule has 0 aliphatic carbocycles. The lowest BCUT2D eigenvalue weighted by Gasteiger charge is -2.10. The summed E-state index contributed by atoms with van der Waals surface area (Å²) in [6.45, 7) is 1.89. The first-order valence-corrected chi connectivity index (χ1v) is 7.30. The van der Waals surface area contributed by atoms with Crippen molar-refractivity contribution in [1.82, 2.24) is 10.2 Å². The van der Waals surface area contributed by atoms with Gasteiger partial charge in [0.2, 0.25) is 0 Å². The number of H-pyrrole nitrogens is 1. The number of aromatic nitrogens is 2. The Bertz CT molecular complexity index is 695. The molecule has 0 radical (unpaired) electrons. The van der Waals surface area contributed by atoms with Crippen molar-refractivity contribution in [1.29, 1.82) is 0 Å². The van der Waals surface area contributed by atoms with E-state index in [1.807, 2.05) is 0 Å². The molecule has 0 unspecified atom stereocenters. The molecule has 20 heavy (non-hydrogen) atoms. The number of sulfonamides is 1. The maximum atomic E-state index is 12.1. The number of carbonyl (C=O) groups excluding carboxylic acids is 1. The Morgan fingerprint density at radius 1 is 1.40 bits per heavy atom. The number of esters is 1. The fraction of sp³-hybridized carbons (Fsp3) is 0.167. The Hall–Kier alpha value is -2.35. The molecule has 2 N–H and O–H groups in total. The van der Waals surface area contributed by atoms with Crippen LogP contribution in [0.5, 0.6) is 0 Å². The molecule has 2 rings (SSSR count). The van der Waals surface area contributed by atoms with E-state index in [4.69, 9.17) is 4.74 Å². The van der Waals surface area contributed by atoms with E-state index in [0.717, 1.165) is 0 Å². The molecule has 0 bridgehead atoms. The zero-order chi connectivity index (χ0) is 14.6. The summed E-state index contributed by atoms with van der Waals surface area (Å²) in [5, 5.41) is 6.00. The lowest BCUT2D eigenvalue weighted by Crippen LogP contribution is -2.16. The summed E-state index contributed by atoms with van der Waals surface area (Å²) >= 11 is 0. The summed E-state index contributed by atoms with van der Waals surface area (Å²) in [5.41, 5.74) is 0.313. The Morgan fingerprint density at radius 3 is 2.80 bits per heavy atom. The third-order valence-electron chi connectivity index (χ3n) is 2.45. The van der Waals surface area contributed by atoms with E-state index < -0.39 is 16.0 Å². The predicted molar refractivity (Wildman–Crippen MR) is 71.8 cm³/mol. The third kappa shape index (κ3) is 2.97. The van der Waals surface area contributed by atoms with Gasteiger partial charge in [-0.2, -0.15) is 5.10 Å². The van der Waals surface area contributed by atoms with Gasteiger partial charge in [0.05, 0.1) is 24.1 Å². The fourth-order valence-electron chi connectivity index (χ4n) is 1.55. The van der Waals surface area contributed by atoms with E-state index >= 15 is 0 Å². The molecule has 106 valence electrons. The molecule has 8 heteroatoms. The molecule has 0 aliphatic rings. The van der Waals surface area contributed by atoms with Crippen molar-refractivity contribution in [3.05, 3.63) is 42.2 Å². The average molecular weight is 295 g/mol. The number of hydrogen-bond acceptors (Lipinski definition) is 5. The summed E-state index contributed by atoms with van der Waals surface area (Å²) in [4.78, 5) is 11.7. The highest BCUT2D eigenvalue weighted by Gasteiger charge is 2.19. The number of nitrogens with one attached hydrogen (secondary N) is 2. The molecule has 0 amide bonds. The second-order valence-electron chi connectivity index (χ2n) is 3.81. The molecule has 1 aromatic carbocycles. The maximum absolute atomic E-state index is 12.1. The summed E-state index contributed by atoms with van der Waals surface area (Å²) < 4.78 is 31.4. The number of ether oxygens (including phenoxy) is 1. The normalized spacial score (nSPS) is 11.1. The van der Waals surface area contributed by atoms with Gasteiger partial charge in [-0.05, 0) is 19.1 Å². The first kappa shape index (κ1) is 14.1. The number of benzene rings is 1. The lowest BCUT2D eigenvalue weighted by molar-refractivity contribution is 0.0527. The monoisotopic (exact) mass is 295 g/mol. The van der Waals surface area contributed by atoms with Crippen LogP contribution in [0, 0.1) is 0 Å². The van der Waals surface area contributed by atoms with E-state index in [1.54, 1.807) is 19.1 Å². The van der Waals surface area contributed by atoms with E-state index in [-0.39, 0.29) is 22.8 Å². The predicted octanol–water partition coefficient (Wildman–Crippen LogP) is 1.39. The van der Waals surface area contributed by atoms with Crippen LogP contribution in [0.1, 0.15) is 17.3 Å². The Kier molecular flexibility index (Phi) is 4.04. The molecule has 2 aromatic rings. The molecule has 1 aromatic heterocycles. The zero-order valence-corrected chi connectivity index (χ0v) is 11.5. The SMILES string of the molecule is CCOC(=O)c1ccccc1NS(=O)(=O)c1cn[nH]c1. The Labute approximate surface area is 116 Å². The van der Waals surface area contributed by atoms with Gasteiger partial charge in [0.1, 0.15) is 4.90 Å². The summed E-state index contributed by atoms with van der Waals surface area (Å²) in [7, 11) is -3.79. The van der Waals surface area contributed by atoms with Crippen molar-refractivity contribution in [3.8, 4) is 0 Å². The van der Waals surface area contributed by atoms with E-state index in [9.17, 15) is 13.2 Å². The van der Waals surface area contributed by atoms with Crippen LogP contribution < -0.4 is 4.72 Å². The van der Waals surface area contributed by atoms with Crippen LogP contribution in [0.25, 0.3) is 0 Å². The summed E-state index contributed by atoms with van der Waals surface area (Å²) in [5.74, 6) is -0.585. The third-order valence-corrected chi connectivity index (χ3v) is 3.78. The number of hydrogen-bond donors (Lipinski definition) is 2. The minimum Gasteiger partial charge on any atom is -0.462 e. The Balaban J connectivity index is 2.33. The van der Waals surface area contributed by atoms with Crippen molar-refractivity contribution in [2.75, 3.05) is 11.3 Å². The van der Waals surface area contributed by atoms with E-state index in [0.29, 0.717) is 0 Å². The highest BCUT2D eigenvalue weighted by atomic mass is 32.2. The first-order valence-electron chi connectivity index (χ1n) is 5.82. The smallest absolute Gasteiger partial charge is 0.340 e. The van der Waals surface area contributed by atoms with Crippen LogP contribution in [0.4, 0.5) is 5.69 Å². The van der Waals surface area contributed by atoms with Crippen LogP contribution in [-0.2, 0) is 14.8 Å². The number of aromatic amines is 1. The molecule has 0 saturated carbocycles. The number of rotatable bonds is 5. The van der Waals surface area contributed by atoms with Gasteiger partial charge in [-0.15, -0.1) is 0 Å². The van der Waals surface area contributed by atoms with Gasteiger partial charge in [0.15, 0.2) is 0 Å². The lowest BCUT2D eigenvalue weighted by atomic mass is 10.2. The Morgan fingerprint density at radius 2 is 2.15 bits per heavy atom. The largest absolute Gasteiger partial charge is 0.462 e. The highest BCUT2D eigenvalue weighted by Crippen LogP contribution is 2.20. The van der Waals surface area contributed by atoms with Gasteiger partial charge in [0.25, 0.3) is 10.0 Å². The topological polar surface area (TPSA) is 101 Å². The van der Waals surface area contributed by atoms with Crippen molar-refractivity contribution in [2.45, 2.75) is 11.8 Å². The molecular formula is C12H13N3O4S. The quantitative estimate of drug-likeness (QED) is 0.812. The standard InChI is InChI=1S/C12H13N3O4S/c1-2-19-12(16)10-5-3-4-6-11(10)15-20(17,18)9-7-13-14-8-9/h3-8,15H,2H2,1H3,(H,13,14). The molecule has 1 heterocycles. The summed E-state index contributed by atoms with van der Waals surface area (Å²) in [6.07, 6.45) is 2.42. The average Bonchev–Trinajstić information content (AvgIpc) is 2.94. The van der Waals surface area contributed by atoms with Gasteiger partial charge in [-0.3, -0.25) is 9.82 Å². The van der Waals surface area contributed by atoms with Gasteiger partial charge in [-0.1, -0.05) is 12.1 Å². The van der Waals surface area contributed by atoms with Crippen molar-refractivity contribution in [2.24, 2.45) is 0 Å². The summed E-state index contributed by atoms with van der Waals surface area (Å²) in [6, 6.07) is 6.23. The van der Waals surface area contributed by atoms with Crippen LogP contribution in [0.3, 0.4) is 0 Å². The molecule has 0 saturated heterocycles. The number of anilines is 1. The zero-order valence-electron chi connectivity index (χ0n) is 10.7. The van der Waals surface area contributed by atoms with Crippen molar-refractivity contribution in [3.63, 3.8) is 0 Å². The second-order valence-corrected chi connectivity index (χ2v) is 5.49. The number of para-hydroxylation sites is 1. The van der Waals surface area contributed by atoms with Crippen LogP contribution in [-0.4, -0.2) is 31.2 Å². The number of carbonyl (C=O) groups is 1. The van der Waals surface area contributed by atoms with Crippen molar-refractivity contribution < 1.29 is 17.9 Å². The maximum Gasteiger partial charge on any atom is 0.340 e. The van der Waals surface area contributed by atoms with Crippen molar-refractivity contribution >= 4 is 21.7 Å². The molecule has 0 spiro atoms. The van der Waals surface area contributed by atoms with Gasteiger partial charge < -0.3 is 4.74 Å². The number of nitrogens with zero attached hydrogens (tertiary/aromatic N) is 1. The molecule has 0 aliphatic heterocycles. The molecule has 7 nitrogen and oxygen atoms in total. The van der Waals surface area contributed by atoms with Crippen LogP contribution in [0.2, 0.25) is 0 Å². The van der Waals surface area contributed by atoms with E-state index in [1.165, 1.54) is 24.5 Å². The van der Waals surface area contributed by atoms with Gasteiger partial charge in [0, 0.05) is 6.20 Å². The minimum atomic E-state index is -3.79. The fourth-order valence-corrected chi connectivity index (χ4v) is 2.53. The van der Waals surface area contributed by atoms with Gasteiger partial charge in [-0.25, -0.2) is 13.2 Å². The van der Waals surface area contributed by atoms with Gasteiger partial charge >= 0.3 is 5.97 Å². The van der Waals surface area contributed by atoms with Crippen LogP contribution in [0.15, 0.2) is 41.6 Å². The minimum absolute atomic E-state index is 0.0174. The molecule has 0 fully saturated rings. The highest BCUT2D eigenvalue weighted by molar-refractivity contribution is 7.92.